The van der Waals surface area contributed by atoms with Crippen molar-refractivity contribution in [1.29, 1.82) is 0 Å². The first-order chi connectivity index (χ1) is 10.2. The summed E-state index contributed by atoms with van der Waals surface area (Å²) >= 11 is 0. The van der Waals surface area contributed by atoms with E-state index >= 15 is 0 Å². The highest BCUT2D eigenvalue weighted by atomic mass is 16.4. The van der Waals surface area contributed by atoms with Gasteiger partial charge in [-0.3, -0.25) is 14.7 Å². The van der Waals surface area contributed by atoms with Crippen molar-refractivity contribution in [3.8, 4) is 0 Å². The number of fused-ring (bicyclic) bond motifs is 1. The van der Waals surface area contributed by atoms with Crippen LogP contribution in [0.4, 0.5) is 0 Å². The van der Waals surface area contributed by atoms with Gasteiger partial charge in [-0.1, -0.05) is 25.1 Å². The van der Waals surface area contributed by atoms with Crippen LogP contribution in [0.3, 0.4) is 0 Å². The molecule has 1 aromatic heterocycles. The highest BCUT2D eigenvalue weighted by molar-refractivity contribution is 5.82. The third kappa shape index (κ3) is 2.51. The van der Waals surface area contributed by atoms with E-state index in [0.717, 1.165) is 36.7 Å². The highest BCUT2D eigenvalue weighted by Gasteiger charge is 2.35. The van der Waals surface area contributed by atoms with Crippen LogP contribution in [0.2, 0.25) is 0 Å². The first kappa shape index (κ1) is 14.0. The largest absolute Gasteiger partial charge is 0.480 e. The second-order valence-corrected chi connectivity index (χ2v) is 5.58. The zero-order valence-corrected chi connectivity index (χ0v) is 12.2. The zero-order valence-electron chi connectivity index (χ0n) is 12.2. The Kier molecular flexibility index (Phi) is 3.88. The standard InChI is InChI=1S/C17H20N2O2/c1-2-15(19-11-5-8-16(19)17(20)21)13-9-10-18-14-7-4-3-6-12(13)14/h3-4,6-7,9-10,15-16H,2,5,8,11H2,1H3,(H,20,21). The van der Waals surface area contributed by atoms with E-state index in [1.54, 1.807) is 0 Å². The fraction of sp³-hybridized carbons (Fsp3) is 0.412. The van der Waals surface area contributed by atoms with E-state index in [4.69, 9.17) is 0 Å². The maximum Gasteiger partial charge on any atom is 0.320 e. The zero-order chi connectivity index (χ0) is 14.8. The molecule has 2 atom stereocenters. The van der Waals surface area contributed by atoms with Crippen LogP contribution < -0.4 is 0 Å². The number of pyridine rings is 1. The van der Waals surface area contributed by atoms with Crippen LogP contribution >= 0.6 is 0 Å². The van der Waals surface area contributed by atoms with Gasteiger partial charge >= 0.3 is 5.97 Å². The lowest BCUT2D eigenvalue weighted by molar-refractivity contribution is -0.143. The van der Waals surface area contributed by atoms with Crippen molar-refractivity contribution < 1.29 is 9.90 Å². The third-order valence-corrected chi connectivity index (χ3v) is 4.41. The van der Waals surface area contributed by atoms with Gasteiger partial charge < -0.3 is 5.11 Å². The lowest BCUT2D eigenvalue weighted by atomic mass is 9.98. The van der Waals surface area contributed by atoms with Crippen molar-refractivity contribution in [2.24, 2.45) is 0 Å². The van der Waals surface area contributed by atoms with Gasteiger partial charge in [-0.2, -0.15) is 0 Å². The van der Waals surface area contributed by atoms with Crippen molar-refractivity contribution >= 4 is 16.9 Å². The van der Waals surface area contributed by atoms with Crippen LogP contribution in [-0.2, 0) is 4.79 Å². The van der Waals surface area contributed by atoms with Gasteiger partial charge in [0.05, 0.1) is 5.52 Å². The van der Waals surface area contributed by atoms with Gasteiger partial charge in [-0.15, -0.1) is 0 Å². The Labute approximate surface area is 124 Å². The van der Waals surface area contributed by atoms with E-state index in [2.05, 4.69) is 22.9 Å². The molecule has 0 bridgehead atoms. The summed E-state index contributed by atoms with van der Waals surface area (Å²) in [6.07, 6.45) is 4.43. The molecule has 1 aliphatic heterocycles. The van der Waals surface area contributed by atoms with Crippen molar-refractivity contribution in [3.63, 3.8) is 0 Å². The lowest BCUT2D eigenvalue weighted by Crippen LogP contribution is -2.38. The van der Waals surface area contributed by atoms with Crippen LogP contribution in [0.5, 0.6) is 0 Å². The monoisotopic (exact) mass is 284 g/mol. The Bertz CT molecular complexity index is 651. The highest BCUT2D eigenvalue weighted by Crippen LogP contribution is 2.34. The molecule has 1 N–H and O–H groups in total. The minimum absolute atomic E-state index is 0.140. The van der Waals surface area contributed by atoms with Crippen molar-refractivity contribution in [3.05, 3.63) is 42.1 Å². The normalized spacial score (nSPS) is 20.7. The molecule has 1 saturated heterocycles. The van der Waals surface area contributed by atoms with Gasteiger partial charge in [0.25, 0.3) is 0 Å². The molecule has 2 aromatic rings. The summed E-state index contributed by atoms with van der Waals surface area (Å²) < 4.78 is 0. The predicted molar refractivity (Wildman–Crippen MR) is 82.1 cm³/mol. The number of carbonyl (C=O) groups is 1. The molecule has 2 unspecified atom stereocenters. The van der Waals surface area contributed by atoms with E-state index in [1.807, 2.05) is 30.5 Å². The van der Waals surface area contributed by atoms with Gasteiger partial charge in [0.2, 0.25) is 0 Å². The minimum Gasteiger partial charge on any atom is -0.480 e. The van der Waals surface area contributed by atoms with Gasteiger partial charge in [0, 0.05) is 17.6 Å². The fourth-order valence-electron chi connectivity index (χ4n) is 3.47. The summed E-state index contributed by atoms with van der Waals surface area (Å²) in [5, 5.41) is 10.6. The average Bonchev–Trinajstić information content (AvgIpc) is 2.98. The van der Waals surface area contributed by atoms with Crippen molar-refractivity contribution in [1.82, 2.24) is 9.88 Å². The number of rotatable bonds is 4. The van der Waals surface area contributed by atoms with Gasteiger partial charge in [-0.05, 0) is 43.5 Å². The van der Waals surface area contributed by atoms with Crippen LogP contribution in [0.25, 0.3) is 10.9 Å². The molecular formula is C17H20N2O2. The summed E-state index contributed by atoms with van der Waals surface area (Å²) in [6, 6.07) is 9.89. The summed E-state index contributed by atoms with van der Waals surface area (Å²) in [7, 11) is 0. The lowest BCUT2D eigenvalue weighted by Gasteiger charge is -2.31. The molecule has 0 spiro atoms. The molecule has 3 rings (SSSR count). The van der Waals surface area contributed by atoms with Gasteiger partial charge in [0.15, 0.2) is 0 Å². The molecule has 4 heteroatoms. The number of hydrogen-bond acceptors (Lipinski definition) is 3. The third-order valence-electron chi connectivity index (χ3n) is 4.41. The molecular weight excluding hydrogens is 264 g/mol. The molecule has 0 aliphatic carbocycles. The number of nitrogens with zero attached hydrogens (tertiary/aromatic N) is 2. The van der Waals surface area contributed by atoms with Gasteiger partial charge in [0.1, 0.15) is 6.04 Å². The number of aliphatic carboxylic acids is 1. The maximum atomic E-state index is 11.5. The fourth-order valence-corrected chi connectivity index (χ4v) is 3.47. The summed E-state index contributed by atoms with van der Waals surface area (Å²) in [4.78, 5) is 18.0. The Morgan fingerprint density at radius 2 is 2.24 bits per heavy atom. The quantitative estimate of drug-likeness (QED) is 0.936. The van der Waals surface area contributed by atoms with E-state index in [1.165, 1.54) is 5.56 Å². The van der Waals surface area contributed by atoms with Crippen molar-refractivity contribution in [2.45, 2.75) is 38.3 Å². The van der Waals surface area contributed by atoms with Crippen LogP contribution in [0.1, 0.15) is 37.8 Å². The minimum atomic E-state index is -0.704. The summed E-state index contributed by atoms with van der Waals surface area (Å²) in [5.41, 5.74) is 2.16. The number of likely N-dealkylation sites (tertiary alicyclic amines) is 1. The maximum absolute atomic E-state index is 11.5. The predicted octanol–water partition coefficient (Wildman–Crippen LogP) is 3.23. The molecule has 2 heterocycles. The number of hydrogen-bond donors (Lipinski definition) is 1. The first-order valence-corrected chi connectivity index (χ1v) is 7.54. The Morgan fingerprint density at radius 3 is 3.00 bits per heavy atom. The molecule has 1 fully saturated rings. The molecule has 0 radical (unpaired) electrons. The molecule has 1 aromatic carbocycles. The number of aromatic nitrogens is 1. The molecule has 0 saturated carbocycles. The summed E-state index contributed by atoms with van der Waals surface area (Å²) in [6.45, 7) is 2.98. The average molecular weight is 284 g/mol. The Balaban J connectivity index is 2.04. The van der Waals surface area contributed by atoms with E-state index in [0.29, 0.717) is 0 Å². The van der Waals surface area contributed by atoms with Crippen LogP contribution in [-0.4, -0.2) is 33.5 Å². The second kappa shape index (κ2) is 5.82. The van der Waals surface area contributed by atoms with Gasteiger partial charge in [-0.25, -0.2) is 0 Å². The molecule has 4 nitrogen and oxygen atoms in total. The second-order valence-electron chi connectivity index (χ2n) is 5.58. The van der Waals surface area contributed by atoms with Crippen LogP contribution in [0.15, 0.2) is 36.5 Å². The van der Waals surface area contributed by atoms with Crippen molar-refractivity contribution in [2.75, 3.05) is 6.54 Å². The first-order valence-electron chi connectivity index (χ1n) is 7.54. The number of carboxylic acids is 1. The number of benzene rings is 1. The van der Waals surface area contributed by atoms with E-state index in [-0.39, 0.29) is 12.1 Å². The number of para-hydroxylation sites is 1. The summed E-state index contributed by atoms with van der Waals surface area (Å²) in [5.74, 6) is -0.704. The SMILES string of the molecule is CCC(c1ccnc2ccccc12)N1CCCC1C(=O)O. The Hall–Kier alpha value is -1.94. The molecule has 21 heavy (non-hydrogen) atoms. The topological polar surface area (TPSA) is 53.4 Å². The molecule has 110 valence electrons. The number of carboxylic acid groups (broad SMARTS) is 1. The Morgan fingerprint density at radius 1 is 1.43 bits per heavy atom. The van der Waals surface area contributed by atoms with E-state index < -0.39 is 5.97 Å². The smallest absolute Gasteiger partial charge is 0.320 e. The van der Waals surface area contributed by atoms with E-state index in [9.17, 15) is 9.90 Å². The van der Waals surface area contributed by atoms with Crippen LogP contribution in [0, 0.1) is 0 Å². The molecule has 0 amide bonds. The molecule has 1 aliphatic rings.